The molecule has 0 spiro atoms. The summed E-state index contributed by atoms with van der Waals surface area (Å²) in [5, 5.41) is 4.80. The largest absolute Gasteiger partial charge is 0.487 e. The minimum atomic E-state index is -0.226. The highest BCUT2D eigenvalue weighted by Gasteiger charge is 2.53. The predicted octanol–water partition coefficient (Wildman–Crippen LogP) is 11.5. The van der Waals surface area contributed by atoms with Gasteiger partial charge in [-0.2, -0.15) is 0 Å². The van der Waals surface area contributed by atoms with E-state index in [0.717, 1.165) is 33.8 Å². The van der Waals surface area contributed by atoms with Gasteiger partial charge in [0, 0.05) is 10.8 Å². The number of hydrogen-bond acceptors (Lipinski definition) is 2. The van der Waals surface area contributed by atoms with E-state index in [0.29, 0.717) is 5.92 Å². The maximum Gasteiger partial charge on any atom is 0.237 e. The van der Waals surface area contributed by atoms with Crippen molar-refractivity contribution in [2.24, 2.45) is 0 Å². The van der Waals surface area contributed by atoms with Gasteiger partial charge in [-0.25, -0.2) is 0 Å². The molecule has 2 nitrogen and oxygen atoms in total. The lowest BCUT2D eigenvalue weighted by Gasteiger charge is -2.47. The summed E-state index contributed by atoms with van der Waals surface area (Å²) in [5.74, 6) is 3.05. The Morgan fingerprint density at radius 1 is 0.569 bits per heavy atom. The van der Waals surface area contributed by atoms with Crippen molar-refractivity contribution in [1.29, 1.82) is 0 Å². The fraction of sp³-hybridized carbons (Fsp3) is 0.125. The zero-order valence-electron chi connectivity index (χ0n) is 29.1. The van der Waals surface area contributed by atoms with Crippen molar-refractivity contribution in [2.75, 3.05) is 0 Å². The normalized spacial score (nSPS) is 18.3. The summed E-state index contributed by atoms with van der Waals surface area (Å²) >= 11 is 0. The van der Waals surface area contributed by atoms with Crippen molar-refractivity contribution in [3.05, 3.63) is 163 Å². The van der Waals surface area contributed by atoms with Crippen LogP contribution in [-0.2, 0) is 0 Å². The first-order chi connectivity index (χ1) is 25.0. The van der Waals surface area contributed by atoms with E-state index in [4.69, 9.17) is 9.47 Å². The van der Waals surface area contributed by atoms with Crippen LogP contribution >= 0.6 is 0 Å². The zero-order valence-corrected chi connectivity index (χ0v) is 29.1. The molecule has 2 atom stereocenters. The first-order valence-electron chi connectivity index (χ1n) is 18.1. The lowest BCUT2D eigenvalue weighted by Crippen LogP contribution is -2.61. The summed E-state index contributed by atoms with van der Waals surface area (Å²) in [5.41, 5.74) is 10.9. The van der Waals surface area contributed by atoms with Gasteiger partial charge in [0.05, 0.1) is 0 Å². The van der Waals surface area contributed by atoms with Gasteiger partial charge in [0.2, 0.25) is 6.71 Å². The number of benzene rings is 7. The molecule has 0 saturated heterocycles. The lowest BCUT2D eigenvalue weighted by atomic mass is 9.24. The van der Waals surface area contributed by atoms with Crippen molar-refractivity contribution < 1.29 is 9.47 Å². The Kier molecular flexibility index (Phi) is 6.70. The molecule has 0 bridgehead atoms. The molecular weight excluding hydrogens is 619 g/mol. The van der Waals surface area contributed by atoms with E-state index in [-0.39, 0.29) is 18.1 Å². The van der Waals surface area contributed by atoms with Crippen LogP contribution in [0.25, 0.3) is 54.9 Å². The molecule has 7 aromatic carbocycles. The van der Waals surface area contributed by atoms with E-state index >= 15 is 0 Å². The third kappa shape index (κ3) is 4.57. The molecule has 7 aromatic rings. The standard InChI is InChI=1S/C48H37BO2/c1-30(2)32-25-33(34-28-42-47-43(29-34)51-44-23-13-14-24-48(44,3)49(47)40-21-11-12-22-41(40)50-42)27-35(26-32)46-38-19-9-7-17-36(38)45(31-15-5-4-6-16-31)37-18-8-10-20-39(37)46/h4-30,44H,1-3H3. The van der Waals surface area contributed by atoms with Crippen LogP contribution in [0.2, 0.25) is 5.31 Å². The molecule has 2 aliphatic heterocycles. The molecule has 3 heteroatoms. The van der Waals surface area contributed by atoms with Crippen LogP contribution in [0.3, 0.4) is 0 Å². The van der Waals surface area contributed by atoms with E-state index < -0.39 is 0 Å². The molecule has 244 valence electrons. The first kappa shape index (κ1) is 30.1. The molecule has 0 radical (unpaired) electrons. The molecule has 0 saturated carbocycles. The molecule has 0 N–H and O–H groups in total. The van der Waals surface area contributed by atoms with Crippen molar-refractivity contribution in [1.82, 2.24) is 0 Å². The molecule has 3 aliphatic rings. The average molecular weight is 657 g/mol. The Labute approximate surface area is 299 Å². The van der Waals surface area contributed by atoms with Crippen molar-refractivity contribution in [3.63, 3.8) is 0 Å². The van der Waals surface area contributed by atoms with Gasteiger partial charge in [-0.1, -0.05) is 148 Å². The number of rotatable bonds is 4. The van der Waals surface area contributed by atoms with Crippen molar-refractivity contribution in [2.45, 2.75) is 38.1 Å². The van der Waals surface area contributed by atoms with E-state index in [1.165, 1.54) is 54.8 Å². The van der Waals surface area contributed by atoms with E-state index in [1.54, 1.807) is 0 Å². The highest BCUT2D eigenvalue weighted by molar-refractivity contribution is 6.90. The quantitative estimate of drug-likeness (QED) is 0.139. The van der Waals surface area contributed by atoms with Gasteiger partial charge in [0.1, 0.15) is 23.4 Å². The molecule has 2 unspecified atom stereocenters. The lowest BCUT2D eigenvalue weighted by molar-refractivity contribution is 0.209. The maximum absolute atomic E-state index is 6.91. The van der Waals surface area contributed by atoms with Crippen LogP contribution in [0, 0.1) is 0 Å². The summed E-state index contributed by atoms with van der Waals surface area (Å²) in [7, 11) is 0. The Morgan fingerprint density at radius 2 is 1.16 bits per heavy atom. The zero-order chi connectivity index (χ0) is 34.3. The fourth-order valence-corrected chi connectivity index (χ4v) is 8.91. The Bertz CT molecular complexity index is 2540. The maximum atomic E-state index is 6.91. The van der Waals surface area contributed by atoms with Gasteiger partial charge >= 0.3 is 0 Å². The number of allylic oxidation sites excluding steroid dienone is 2. The third-order valence-corrected chi connectivity index (χ3v) is 11.4. The Morgan fingerprint density at radius 3 is 1.86 bits per heavy atom. The van der Waals surface area contributed by atoms with Crippen molar-refractivity contribution >= 4 is 39.2 Å². The Balaban J connectivity index is 1.21. The molecule has 1 aliphatic carbocycles. The molecular formula is C48H37BO2. The second-order valence-corrected chi connectivity index (χ2v) is 14.8. The fourth-order valence-electron chi connectivity index (χ4n) is 8.91. The van der Waals surface area contributed by atoms with Crippen LogP contribution in [0.5, 0.6) is 17.2 Å². The number of para-hydroxylation sites is 1. The second-order valence-electron chi connectivity index (χ2n) is 14.8. The predicted molar refractivity (Wildman–Crippen MR) is 214 cm³/mol. The Hall–Kier alpha value is -5.80. The highest BCUT2D eigenvalue weighted by Crippen LogP contribution is 2.50. The monoisotopic (exact) mass is 656 g/mol. The van der Waals surface area contributed by atoms with Crippen LogP contribution in [0.1, 0.15) is 32.3 Å². The number of ether oxygens (including phenoxy) is 2. The van der Waals surface area contributed by atoms with E-state index in [9.17, 15) is 0 Å². The number of fused-ring (bicyclic) bond motifs is 6. The smallest absolute Gasteiger partial charge is 0.237 e. The summed E-state index contributed by atoms with van der Waals surface area (Å²) in [6.45, 7) is 7.01. The molecule has 0 aromatic heterocycles. The van der Waals surface area contributed by atoms with Crippen LogP contribution in [0.4, 0.5) is 0 Å². The van der Waals surface area contributed by atoms with Crippen LogP contribution < -0.4 is 20.4 Å². The number of hydrogen-bond donors (Lipinski definition) is 0. The highest BCUT2D eigenvalue weighted by atomic mass is 16.5. The summed E-state index contributed by atoms with van der Waals surface area (Å²) < 4.78 is 13.7. The average Bonchev–Trinajstić information content (AvgIpc) is 3.16. The van der Waals surface area contributed by atoms with E-state index in [1.807, 2.05) is 0 Å². The minimum Gasteiger partial charge on any atom is -0.487 e. The van der Waals surface area contributed by atoms with Gasteiger partial charge in [-0.15, -0.1) is 0 Å². The van der Waals surface area contributed by atoms with Gasteiger partial charge in [-0.05, 0) is 102 Å². The summed E-state index contributed by atoms with van der Waals surface area (Å²) in [6.07, 6.45) is 8.73. The molecule has 2 heterocycles. The SMILES string of the molecule is CC(C)c1cc(-c2cc3c4c(c2)OC2C=CC=CC2(C)B4c2ccccc2O3)cc(-c2c3ccccc3c(-c3ccccc3)c3ccccc23)c1. The minimum absolute atomic E-state index is 0.0762. The summed E-state index contributed by atoms with van der Waals surface area (Å²) in [6, 6.07) is 48.7. The third-order valence-electron chi connectivity index (χ3n) is 11.4. The van der Waals surface area contributed by atoms with E-state index in [2.05, 4.69) is 179 Å². The van der Waals surface area contributed by atoms with Gasteiger partial charge in [0.15, 0.2) is 0 Å². The van der Waals surface area contributed by atoms with Crippen molar-refractivity contribution in [3.8, 4) is 50.6 Å². The molecule has 0 fully saturated rings. The van der Waals surface area contributed by atoms with Gasteiger partial charge in [0.25, 0.3) is 0 Å². The van der Waals surface area contributed by atoms with Crippen LogP contribution in [-0.4, -0.2) is 12.8 Å². The molecule has 10 rings (SSSR count). The second kappa shape index (κ2) is 11.4. The van der Waals surface area contributed by atoms with Gasteiger partial charge < -0.3 is 9.47 Å². The van der Waals surface area contributed by atoms with Gasteiger partial charge in [-0.3, -0.25) is 0 Å². The molecule has 0 amide bonds. The topological polar surface area (TPSA) is 18.5 Å². The molecule has 51 heavy (non-hydrogen) atoms. The first-order valence-corrected chi connectivity index (χ1v) is 18.1. The summed E-state index contributed by atoms with van der Waals surface area (Å²) in [4.78, 5) is 0. The van der Waals surface area contributed by atoms with Crippen LogP contribution in [0.15, 0.2) is 158 Å².